The van der Waals surface area contributed by atoms with Gasteiger partial charge >= 0.3 is 0 Å². The number of allylic oxidation sites excluding steroid dienone is 6. The van der Waals surface area contributed by atoms with E-state index in [-0.39, 0.29) is 0 Å². The molecule has 0 aliphatic heterocycles. The Balaban J connectivity index is 0.943. The molecule has 0 amide bonds. The molecule has 0 radical (unpaired) electrons. The Morgan fingerprint density at radius 2 is 1.11 bits per heavy atom. The van der Waals surface area contributed by atoms with Crippen molar-refractivity contribution in [1.82, 2.24) is 4.57 Å². The summed E-state index contributed by atoms with van der Waals surface area (Å²) in [4.78, 5) is 2.39. The molecule has 2 aliphatic rings. The molecule has 0 saturated carbocycles. The molecule has 0 spiro atoms. The Morgan fingerprint density at radius 1 is 0.429 bits per heavy atom. The molecule has 2 heteroatoms. The molecule has 2 nitrogen and oxygen atoms in total. The van der Waals surface area contributed by atoms with Crippen LogP contribution < -0.4 is 4.90 Å². The summed E-state index contributed by atoms with van der Waals surface area (Å²) in [7, 11) is 0. The molecule has 1 aromatic heterocycles. The standard InChI is InChI=1S/C61H44N2/c1-3-20-51(21-4-1)63-59-26-6-2-5-24-58(59)61-57(25-13-27-60(61)63)49-19-11-17-45(38-49)47-18-12-22-53(41-47)62(54-36-32-42-14-7-8-16-46(42)40-54)52-34-30-43(31-35-52)48-33-37-56-50(39-48)29-28-44-15-9-10-23-55(44)56/h1,3,5-20,22-41H,2,4,21H2. The van der Waals surface area contributed by atoms with Crippen molar-refractivity contribution in [1.29, 1.82) is 0 Å². The highest BCUT2D eigenvalue weighted by Gasteiger charge is 2.21. The fraction of sp³-hybridized carbons (Fsp3) is 0.0492. The van der Waals surface area contributed by atoms with Crippen LogP contribution >= 0.6 is 0 Å². The van der Waals surface area contributed by atoms with E-state index in [1.807, 2.05) is 0 Å². The molecule has 12 rings (SSSR count). The maximum atomic E-state index is 2.49. The molecular weight excluding hydrogens is 761 g/mol. The lowest BCUT2D eigenvalue weighted by molar-refractivity contribution is 0.957. The molecule has 10 aromatic rings. The third-order valence-corrected chi connectivity index (χ3v) is 13.0. The number of rotatable bonds is 7. The fourth-order valence-electron chi connectivity index (χ4n) is 9.94. The van der Waals surface area contributed by atoms with E-state index in [4.69, 9.17) is 0 Å². The van der Waals surface area contributed by atoms with E-state index < -0.39 is 0 Å². The minimum atomic E-state index is 0.936. The van der Waals surface area contributed by atoms with Gasteiger partial charge in [-0.05, 0) is 152 Å². The Morgan fingerprint density at radius 3 is 2.00 bits per heavy atom. The molecule has 1 heterocycles. The number of aromatic nitrogens is 1. The SMILES string of the molecule is C1=CCCC(n2c3c(c4c(-c5cccc(-c6cccc(N(c7ccc(-c8ccc9c(ccc%10ccccc%109)c8)cc7)c7ccc8ccccc8c7)c6)c5)cccc42)C=CCC=C3)=C1. The molecule has 0 bridgehead atoms. The number of anilines is 3. The monoisotopic (exact) mass is 804 g/mol. The first kappa shape index (κ1) is 36.9. The number of benzene rings is 9. The van der Waals surface area contributed by atoms with Crippen LogP contribution in [0, 0.1) is 0 Å². The number of fused-ring (bicyclic) bond motifs is 7. The predicted molar refractivity (Wildman–Crippen MR) is 271 cm³/mol. The van der Waals surface area contributed by atoms with E-state index in [9.17, 15) is 0 Å². The van der Waals surface area contributed by atoms with Gasteiger partial charge in [-0.1, -0.05) is 164 Å². The molecule has 2 aliphatic carbocycles. The van der Waals surface area contributed by atoms with Crippen molar-refractivity contribution < 1.29 is 0 Å². The summed E-state index contributed by atoms with van der Waals surface area (Å²) in [5.41, 5.74) is 15.7. The molecule has 0 unspecified atom stereocenters. The molecule has 63 heavy (non-hydrogen) atoms. The van der Waals surface area contributed by atoms with E-state index >= 15 is 0 Å². The number of hydrogen-bond donors (Lipinski definition) is 0. The largest absolute Gasteiger partial charge is 0.313 e. The first-order valence-corrected chi connectivity index (χ1v) is 22.1. The van der Waals surface area contributed by atoms with E-state index in [0.29, 0.717) is 0 Å². The molecule has 0 fully saturated rings. The minimum absolute atomic E-state index is 0.936. The molecule has 0 saturated heterocycles. The zero-order chi connectivity index (χ0) is 41.7. The Kier molecular flexibility index (Phi) is 9.08. The second-order valence-corrected chi connectivity index (χ2v) is 16.8. The van der Waals surface area contributed by atoms with Crippen LogP contribution in [-0.2, 0) is 0 Å². The minimum Gasteiger partial charge on any atom is -0.313 e. The van der Waals surface area contributed by atoms with Gasteiger partial charge in [-0.2, -0.15) is 0 Å². The Bertz CT molecular complexity index is 3540. The summed E-state index contributed by atoms with van der Waals surface area (Å²) < 4.78 is 2.49. The van der Waals surface area contributed by atoms with Crippen LogP contribution in [0.15, 0.2) is 218 Å². The summed E-state index contributed by atoms with van der Waals surface area (Å²) in [6, 6.07) is 69.4. The van der Waals surface area contributed by atoms with E-state index in [1.54, 1.807) is 0 Å². The van der Waals surface area contributed by atoms with Crippen LogP contribution in [0.4, 0.5) is 17.1 Å². The van der Waals surface area contributed by atoms with Gasteiger partial charge in [0.05, 0.1) is 11.2 Å². The smallest absolute Gasteiger partial charge is 0.0544 e. The molecule has 0 atom stereocenters. The Hall–Kier alpha value is -7.94. The van der Waals surface area contributed by atoms with Crippen LogP contribution in [0.3, 0.4) is 0 Å². The van der Waals surface area contributed by atoms with E-state index in [0.717, 1.165) is 36.3 Å². The normalized spacial score (nSPS) is 13.4. The third-order valence-electron chi connectivity index (χ3n) is 13.0. The van der Waals surface area contributed by atoms with E-state index in [2.05, 4.69) is 240 Å². The number of hydrogen-bond acceptors (Lipinski definition) is 1. The van der Waals surface area contributed by atoms with Crippen molar-refractivity contribution in [2.24, 2.45) is 0 Å². The van der Waals surface area contributed by atoms with Gasteiger partial charge in [0.1, 0.15) is 0 Å². The summed E-state index contributed by atoms with van der Waals surface area (Å²) in [6.07, 6.45) is 19.0. The van der Waals surface area contributed by atoms with Gasteiger partial charge in [0.15, 0.2) is 0 Å². The molecule has 0 N–H and O–H groups in total. The maximum Gasteiger partial charge on any atom is 0.0544 e. The molecule has 9 aromatic carbocycles. The van der Waals surface area contributed by atoms with Crippen molar-refractivity contribution in [2.45, 2.75) is 19.3 Å². The average Bonchev–Trinajstić information content (AvgIpc) is 3.47. The third kappa shape index (κ3) is 6.59. The highest BCUT2D eigenvalue weighted by atomic mass is 15.1. The van der Waals surface area contributed by atoms with Crippen LogP contribution in [0.1, 0.15) is 30.5 Å². The van der Waals surface area contributed by atoms with Gasteiger partial charge in [-0.15, -0.1) is 0 Å². The molecule has 298 valence electrons. The number of nitrogens with zero attached hydrogens (tertiary/aromatic N) is 2. The topological polar surface area (TPSA) is 8.17 Å². The van der Waals surface area contributed by atoms with Crippen molar-refractivity contribution in [2.75, 3.05) is 4.90 Å². The summed E-state index contributed by atoms with van der Waals surface area (Å²) in [6.45, 7) is 0. The fourth-order valence-corrected chi connectivity index (χ4v) is 9.94. The van der Waals surface area contributed by atoms with Crippen molar-refractivity contribution >= 4 is 78.1 Å². The van der Waals surface area contributed by atoms with Crippen LogP contribution in [0.25, 0.3) is 94.5 Å². The zero-order valence-corrected chi connectivity index (χ0v) is 35.0. The van der Waals surface area contributed by atoms with Gasteiger partial charge in [-0.3, -0.25) is 0 Å². The highest BCUT2D eigenvalue weighted by molar-refractivity contribution is 6.09. The van der Waals surface area contributed by atoms with Crippen molar-refractivity contribution in [3.8, 4) is 33.4 Å². The Labute approximate surface area is 368 Å². The summed E-state index contributed by atoms with van der Waals surface area (Å²) in [5.74, 6) is 0. The quantitative estimate of drug-likeness (QED) is 0.146. The van der Waals surface area contributed by atoms with Gasteiger partial charge in [0.2, 0.25) is 0 Å². The van der Waals surface area contributed by atoms with Crippen LogP contribution in [0.2, 0.25) is 0 Å². The first-order valence-electron chi connectivity index (χ1n) is 22.1. The van der Waals surface area contributed by atoms with Crippen molar-refractivity contribution in [3.63, 3.8) is 0 Å². The van der Waals surface area contributed by atoms with Crippen molar-refractivity contribution in [3.05, 3.63) is 230 Å². The second-order valence-electron chi connectivity index (χ2n) is 16.8. The summed E-state index contributed by atoms with van der Waals surface area (Å²) in [5, 5.41) is 8.85. The lowest BCUT2D eigenvalue weighted by Crippen LogP contribution is -2.10. The maximum absolute atomic E-state index is 2.49. The van der Waals surface area contributed by atoms with Gasteiger partial charge in [0, 0.05) is 33.7 Å². The second kappa shape index (κ2) is 15.5. The first-order chi connectivity index (χ1) is 31.2. The van der Waals surface area contributed by atoms with Crippen LogP contribution in [-0.4, -0.2) is 4.57 Å². The lowest BCUT2D eigenvalue weighted by Gasteiger charge is -2.26. The van der Waals surface area contributed by atoms with Crippen LogP contribution in [0.5, 0.6) is 0 Å². The molecular formula is C61H44N2. The average molecular weight is 805 g/mol. The van der Waals surface area contributed by atoms with E-state index in [1.165, 1.54) is 93.6 Å². The van der Waals surface area contributed by atoms with Gasteiger partial charge in [-0.25, -0.2) is 0 Å². The summed E-state index contributed by atoms with van der Waals surface area (Å²) >= 11 is 0. The highest BCUT2D eigenvalue weighted by Crippen LogP contribution is 2.43. The zero-order valence-electron chi connectivity index (χ0n) is 35.0. The lowest BCUT2D eigenvalue weighted by atomic mass is 9.95. The van der Waals surface area contributed by atoms with Gasteiger partial charge < -0.3 is 9.47 Å². The predicted octanol–water partition coefficient (Wildman–Crippen LogP) is 17.2. The van der Waals surface area contributed by atoms with Gasteiger partial charge in [0.25, 0.3) is 0 Å².